The zero-order valence-corrected chi connectivity index (χ0v) is 10.6. The number of aryl methyl sites for hydroxylation is 1. The van der Waals surface area contributed by atoms with Crippen LogP contribution < -0.4 is 16.0 Å². The highest BCUT2D eigenvalue weighted by atomic mass is 32.1. The van der Waals surface area contributed by atoms with Crippen molar-refractivity contribution in [1.29, 1.82) is 0 Å². The molecule has 6 heteroatoms. The van der Waals surface area contributed by atoms with E-state index in [2.05, 4.69) is 26.3 Å². The van der Waals surface area contributed by atoms with Gasteiger partial charge in [-0.2, -0.15) is 0 Å². The zero-order chi connectivity index (χ0) is 11.1. The summed E-state index contributed by atoms with van der Waals surface area (Å²) in [6.45, 7) is 4.53. The van der Waals surface area contributed by atoms with Gasteiger partial charge in [-0.3, -0.25) is 0 Å². The minimum atomic E-state index is 0.682. The van der Waals surface area contributed by atoms with E-state index in [4.69, 9.17) is 12.2 Å². The molecule has 1 heterocycles. The number of aromatic nitrogens is 1. The third kappa shape index (κ3) is 5.06. The van der Waals surface area contributed by atoms with Gasteiger partial charge in [0.2, 0.25) is 0 Å². The average Bonchev–Trinajstić information content (AvgIpc) is 2.63. The van der Waals surface area contributed by atoms with Crippen LogP contribution in [0, 0.1) is 6.92 Å². The third-order valence-electron chi connectivity index (χ3n) is 1.76. The topological polar surface area (TPSA) is 49.0 Å². The molecule has 0 saturated heterocycles. The highest BCUT2D eigenvalue weighted by Gasteiger charge is 1.97. The number of nitrogens with one attached hydrogen (secondary N) is 3. The van der Waals surface area contributed by atoms with Crippen molar-refractivity contribution < 1.29 is 0 Å². The Morgan fingerprint density at radius 3 is 2.93 bits per heavy atom. The molecule has 0 radical (unpaired) electrons. The summed E-state index contributed by atoms with van der Waals surface area (Å²) >= 11 is 6.63. The molecule has 0 amide bonds. The first-order chi connectivity index (χ1) is 7.22. The van der Waals surface area contributed by atoms with Crippen molar-refractivity contribution in [2.45, 2.75) is 13.5 Å². The lowest BCUT2D eigenvalue weighted by Crippen LogP contribution is -2.36. The molecule has 0 saturated carbocycles. The zero-order valence-electron chi connectivity index (χ0n) is 8.96. The second-order valence-corrected chi connectivity index (χ2v) is 4.42. The smallest absolute Gasteiger partial charge is 0.166 e. The van der Waals surface area contributed by atoms with Crippen LogP contribution >= 0.6 is 23.6 Å². The number of hydrogen-bond acceptors (Lipinski definition) is 4. The van der Waals surface area contributed by atoms with Crippen molar-refractivity contribution in [3.05, 3.63) is 16.1 Å². The van der Waals surface area contributed by atoms with E-state index in [0.29, 0.717) is 5.11 Å². The van der Waals surface area contributed by atoms with Gasteiger partial charge in [0.05, 0.1) is 0 Å². The van der Waals surface area contributed by atoms with Crippen LogP contribution in [0.25, 0.3) is 0 Å². The van der Waals surface area contributed by atoms with Crippen LogP contribution in [0.1, 0.15) is 10.7 Å². The monoisotopic (exact) mass is 244 g/mol. The minimum absolute atomic E-state index is 0.682. The maximum atomic E-state index is 4.94. The van der Waals surface area contributed by atoms with Gasteiger partial charge in [-0.1, -0.05) is 0 Å². The first-order valence-electron chi connectivity index (χ1n) is 4.79. The highest BCUT2D eigenvalue weighted by molar-refractivity contribution is 7.80. The summed E-state index contributed by atoms with van der Waals surface area (Å²) in [5, 5.41) is 13.1. The van der Waals surface area contributed by atoms with E-state index in [9.17, 15) is 0 Å². The Hall–Kier alpha value is -0.720. The van der Waals surface area contributed by atoms with Crippen molar-refractivity contribution in [3.8, 4) is 0 Å². The maximum Gasteiger partial charge on any atom is 0.166 e. The molecular weight excluding hydrogens is 228 g/mol. The number of rotatable bonds is 5. The Balaban J connectivity index is 2.05. The molecule has 0 aliphatic heterocycles. The fourth-order valence-electron chi connectivity index (χ4n) is 1.03. The van der Waals surface area contributed by atoms with Crippen LogP contribution in [0.3, 0.4) is 0 Å². The molecule has 0 aliphatic rings. The number of hydrogen-bond donors (Lipinski definition) is 3. The Morgan fingerprint density at radius 2 is 2.33 bits per heavy atom. The molecule has 4 nitrogen and oxygen atoms in total. The largest absolute Gasteiger partial charge is 0.366 e. The lowest BCUT2D eigenvalue weighted by Gasteiger charge is -2.06. The van der Waals surface area contributed by atoms with Gasteiger partial charge in [0.25, 0.3) is 0 Å². The van der Waals surface area contributed by atoms with E-state index in [1.807, 2.05) is 6.92 Å². The van der Waals surface area contributed by atoms with Gasteiger partial charge in [-0.25, -0.2) is 4.98 Å². The van der Waals surface area contributed by atoms with Crippen LogP contribution in [0.4, 0.5) is 0 Å². The highest BCUT2D eigenvalue weighted by Crippen LogP contribution is 2.07. The quantitative estimate of drug-likeness (QED) is 0.524. The Morgan fingerprint density at radius 1 is 1.53 bits per heavy atom. The van der Waals surface area contributed by atoms with Crippen molar-refractivity contribution in [2.24, 2.45) is 0 Å². The molecule has 0 atom stereocenters. The molecule has 1 rings (SSSR count). The van der Waals surface area contributed by atoms with Crippen molar-refractivity contribution in [3.63, 3.8) is 0 Å². The van der Waals surface area contributed by atoms with Gasteiger partial charge in [0.15, 0.2) is 5.11 Å². The minimum Gasteiger partial charge on any atom is -0.366 e. The number of thiocarbonyl (C=S) groups is 1. The third-order valence-corrected chi connectivity index (χ3v) is 3.07. The molecule has 0 aromatic carbocycles. The summed E-state index contributed by atoms with van der Waals surface area (Å²) in [6, 6.07) is 0. The first kappa shape index (κ1) is 12.4. The van der Waals surface area contributed by atoms with E-state index in [1.165, 1.54) is 0 Å². The summed E-state index contributed by atoms with van der Waals surface area (Å²) < 4.78 is 0. The van der Waals surface area contributed by atoms with Crippen LogP contribution in [-0.2, 0) is 6.54 Å². The van der Waals surface area contributed by atoms with Gasteiger partial charge in [0.1, 0.15) is 5.01 Å². The standard InChI is InChI=1S/C9H16N4S2/c1-7-6-15-8(13-7)5-11-3-4-12-9(14)10-2/h6,11H,3-5H2,1-2H3,(H2,10,12,14). The second-order valence-electron chi connectivity index (χ2n) is 3.07. The molecule has 84 valence electrons. The summed E-state index contributed by atoms with van der Waals surface area (Å²) in [6.07, 6.45) is 0. The van der Waals surface area contributed by atoms with Crippen LogP contribution in [0.2, 0.25) is 0 Å². The summed E-state index contributed by atoms with van der Waals surface area (Å²) in [5.74, 6) is 0. The fraction of sp³-hybridized carbons (Fsp3) is 0.556. The predicted octanol–water partition coefficient (Wildman–Crippen LogP) is 0.635. The van der Waals surface area contributed by atoms with Gasteiger partial charge >= 0.3 is 0 Å². The summed E-state index contributed by atoms with van der Waals surface area (Å²) in [7, 11) is 1.81. The lowest BCUT2D eigenvalue weighted by molar-refractivity contribution is 0.667. The lowest BCUT2D eigenvalue weighted by atomic mass is 10.5. The van der Waals surface area contributed by atoms with Gasteiger partial charge in [-0.05, 0) is 19.1 Å². The van der Waals surface area contributed by atoms with Crippen molar-refractivity contribution >= 4 is 28.7 Å². The van der Waals surface area contributed by atoms with E-state index in [-0.39, 0.29) is 0 Å². The van der Waals surface area contributed by atoms with E-state index in [1.54, 1.807) is 18.4 Å². The van der Waals surface area contributed by atoms with E-state index in [0.717, 1.165) is 30.3 Å². The molecule has 0 fully saturated rings. The molecule has 3 N–H and O–H groups in total. The molecule has 1 aromatic heterocycles. The molecule has 0 unspecified atom stereocenters. The molecular formula is C9H16N4S2. The normalized spacial score (nSPS) is 10.0. The summed E-state index contributed by atoms with van der Waals surface area (Å²) in [5.41, 5.74) is 1.09. The van der Waals surface area contributed by atoms with Crippen LogP contribution in [0.15, 0.2) is 5.38 Å². The molecule has 1 aromatic rings. The predicted molar refractivity (Wildman–Crippen MR) is 68.2 cm³/mol. The van der Waals surface area contributed by atoms with E-state index >= 15 is 0 Å². The molecule has 15 heavy (non-hydrogen) atoms. The van der Waals surface area contributed by atoms with Gasteiger partial charge in [-0.15, -0.1) is 11.3 Å². The van der Waals surface area contributed by atoms with Crippen molar-refractivity contribution in [2.75, 3.05) is 20.1 Å². The Labute approximate surface area is 99.5 Å². The second kappa shape index (κ2) is 6.71. The summed E-state index contributed by atoms with van der Waals surface area (Å²) in [4.78, 5) is 4.36. The number of nitrogens with zero attached hydrogens (tertiary/aromatic N) is 1. The molecule has 0 spiro atoms. The Bertz CT molecular complexity index is 311. The SMILES string of the molecule is CNC(=S)NCCNCc1nc(C)cs1. The molecule has 0 aliphatic carbocycles. The average molecular weight is 244 g/mol. The van der Waals surface area contributed by atoms with E-state index < -0.39 is 0 Å². The maximum absolute atomic E-state index is 4.94. The Kier molecular flexibility index (Phi) is 5.52. The van der Waals surface area contributed by atoms with Gasteiger partial charge in [0, 0.05) is 37.8 Å². The van der Waals surface area contributed by atoms with Crippen LogP contribution in [0.5, 0.6) is 0 Å². The van der Waals surface area contributed by atoms with Gasteiger partial charge < -0.3 is 16.0 Å². The van der Waals surface area contributed by atoms with Crippen LogP contribution in [-0.4, -0.2) is 30.2 Å². The first-order valence-corrected chi connectivity index (χ1v) is 6.08. The fourth-order valence-corrected chi connectivity index (χ4v) is 1.88. The number of thiazole rings is 1. The molecule has 0 bridgehead atoms. The van der Waals surface area contributed by atoms with Crippen molar-refractivity contribution in [1.82, 2.24) is 20.9 Å².